The van der Waals surface area contributed by atoms with Gasteiger partial charge in [0.1, 0.15) is 0 Å². The number of hydrogen-bond donors (Lipinski definition) is 0. The first-order valence-corrected chi connectivity index (χ1v) is 23.5. The van der Waals surface area contributed by atoms with E-state index in [0.29, 0.717) is 13.0 Å². The minimum atomic E-state index is 0.0327. The molecule has 0 N–H and O–H groups in total. The van der Waals surface area contributed by atoms with E-state index >= 15 is 0 Å². The zero-order chi connectivity index (χ0) is 35.4. The van der Waals surface area contributed by atoms with E-state index in [1.807, 2.05) is 0 Å². The fourth-order valence-electron chi connectivity index (χ4n) is 7.49. The van der Waals surface area contributed by atoms with Gasteiger partial charge in [-0.15, -0.1) is 0 Å². The van der Waals surface area contributed by atoms with Crippen LogP contribution in [0.1, 0.15) is 290 Å². The Balaban J connectivity index is 3.13. The molecule has 0 atom stereocenters. The molecule has 0 aliphatic heterocycles. The van der Waals surface area contributed by atoms with Gasteiger partial charge in [-0.05, 0) is 12.8 Å². The first-order valence-electron chi connectivity index (χ1n) is 23.5. The summed E-state index contributed by atoms with van der Waals surface area (Å²) < 4.78 is 5.48. The maximum atomic E-state index is 12.0. The molecule has 2 heteroatoms. The Labute approximate surface area is 311 Å². The number of ether oxygens (including phenoxy) is 1. The van der Waals surface area contributed by atoms with Crippen LogP contribution in [0.25, 0.3) is 0 Å². The third-order valence-electron chi connectivity index (χ3n) is 11.0. The van der Waals surface area contributed by atoms with E-state index in [1.165, 1.54) is 257 Å². The van der Waals surface area contributed by atoms with Crippen LogP contribution in [-0.2, 0) is 9.53 Å². The van der Waals surface area contributed by atoms with E-state index in [1.54, 1.807) is 0 Å². The highest BCUT2D eigenvalue weighted by atomic mass is 16.5. The number of carbonyl (C=O) groups is 1. The van der Waals surface area contributed by atoms with Crippen molar-refractivity contribution in [3.63, 3.8) is 0 Å². The maximum Gasteiger partial charge on any atom is 0.305 e. The van der Waals surface area contributed by atoms with Gasteiger partial charge >= 0.3 is 5.97 Å². The third kappa shape index (κ3) is 45.4. The van der Waals surface area contributed by atoms with Gasteiger partial charge in [-0.1, -0.05) is 271 Å². The molecule has 0 aromatic rings. The molecule has 0 amide bonds. The van der Waals surface area contributed by atoms with E-state index in [9.17, 15) is 4.79 Å². The molecule has 0 heterocycles. The Morgan fingerprint density at radius 2 is 0.449 bits per heavy atom. The van der Waals surface area contributed by atoms with Crippen molar-refractivity contribution in [3.8, 4) is 0 Å². The van der Waals surface area contributed by atoms with Crippen LogP contribution < -0.4 is 0 Å². The van der Waals surface area contributed by atoms with Gasteiger partial charge in [-0.25, -0.2) is 0 Å². The summed E-state index contributed by atoms with van der Waals surface area (Å²) in [7, 11) is 0. The molecule has 0 radical (unpaired) electrons. The summed E-state index contributed by atoms with van der Waals surface area (Å²) in [5, 5.41) is 0. The first-order chi connectivity index (χ1) is 24.3. The van der Waals surface area contributed by atoms with Crippen molar-refractivity contribution in [2.45, 2.75) is 290 Å². The van der Waals surface area contributed by atoms with Gasteiger partial charge < -0.3 is 4.74 Å². The molecule has 0 saturated heterocycles. The fourth-order valence-corrected chi connectivity index (χ4v) is 7.49. The molecule has 0 rings (SSSR count). The van der Waals surface area contributed by atoms with Crippen molar-refractivity contribution in [1.29, 1.82) is 0 Å². The van der Waals surface area contributed by atoms with E-state index in [2.05, 4.69) is 13.8 Å². The minimum Gasteiger partial charge on any atom is -0.466 e. The second-order valence-corrected chi connectivity index (χ2v) is 16.1. The molecule has 0 aliphatic carbocycles. The number of rotatable bonds is 44. The van der Waals surface area contributed by atoms with Crippen molar-refractivity contribution in [1.82, 2.24) is 0 Å². The number of hydrogen-bond acceptors (Lipinski definition) is 2. The average molecular weight is 691 g/mol. The summed E-state index contributed by atoms with van der Waals surface area (Å²) in [5.74, 6) is 0.0327. The molecule has 0 spiro atoms. The predicted molar refractivity (Wildman–Crippen MR) is 221 cm³/mol. The summed E-state index contributed by atoms with van der Waals surface area (Å²) in [4.78, 5) is 12.0. The Morgan fingerprint density at radius 1 is 0.265 bits per heavy atom. The lowest BCUT2D eigenvalue weighted by Crippen LogP contribution is -2.05. The molecular weight excluding hydrogens is 597 g/mol. The van der Waals surface area contributed by atoms with Crippen molar-refractivity contribution in [2.24, 2.45) is 0 Å². The van der Waals surface area contributed by atoms with Gasteiger partial charge in [0.2, 0.25) is 0 Å². The highest BCUT2D eigenvalue weighted by Gasteiger charge is 2.03. The standard InChI is InChI=1S/C47H94O2/c1-3-5-7-9-11-13-15-17-19-21-22-23-24-25-26-27-28-29-30-31-33-35-37-39-41-43-45-47(48)49-46-44-42-40-38-36-34-32-20-18-16-14-12-10-8-6-4-2/h3-46H2,1-2H3. The maximum absolute atomic E-state index is 12.0. The number of esters is 1. The lowest BCUT2D eigenvalue weighted by molar-refractivity contribution is -0.143. The Kier molecular flexibility index (Phi) is 45.0. The molecule has 0 unspecified atom stereocenters. The van der Waals surface area contributed by atoms with Gasteiger partial charge in [-0.2, -0.15) is 0 Å². The largest absolute Gasteiger partial charge is 0.466 e. The zero-order valence-electron chi connectivity index (χ0n) is 34.4. The number of unbranched alkanes of at least 4 members (excludes halogenated alkanes) is 40. The highest BCUT2D eigenvalue weighted by Crippen LogP contribution is 2.17. The van der Waals surface area contributed by atoms with Crippen LogP contribution in [0.2, 0.25) is 0 Å². The molecule has 0 aliphatic rings. The van der Waals surface area contributed by atoms with Crippen LogP contribution in [0.4, 0.5) is 0 Å². The molecule has 0 saturated carbocycles. The fraction of sp³-hybridized carbons (Fsp3) is 0.979. The van der Waals surface area contributed by atoms with Gasteiger partial charge in [0.15, 0.2) is 0 Å². The minimum absolute atomic E-state index is 0.0327. The quantitative estimate of drug-likeness (QED) is 0.0470. The lowest BCUT2D eigenvalue weighted by atomic mass is 10.0. The third-order valence-corrected chi connectivity index (χ3v) is 11.0. The molecule has 0 bridgehead atoms. The van der Waals surface area contributed by atoms with Crippen LogP contribution in [0.3, 0.4) is 0 Å². The van der Waals surface area contributed by atoms with Crippen LogP contribution >= 0.6 is 0 Å². The highest BCUT2D eigenvalue weighted by molar-refractivity contribution is 5.69. The van der Waals surface area contributed by atoms with E-state index in [0.717, 1.165) is 12.8 Å². The van der Waals surface area contributed by atoms with Gasteiger partial charge in [-0.3, -0.25) is 4.79 Å². The van der Waals surface area contributed by atoms with Crippen LogP contribution in [0, 0.1) is 0 Å². The summed E-state index contributed by atoms with van der Waals surface area (Å²) in [5.41, 5.74) is 0. The molecule has 0 fully saturated rings. The van der Waals surface area contributed by atoms with Gasteiger partial charge in [0.05, 0.1) is 6.61 Å². The first kappa shape index (κ1) is 48.5. The zero-order valence-corrected chi connectivity index (χ0v) is 34.4. The van der Waals surface area contributed by atoms with E-state index in [-0.39, 0.29) is 5.97 Å². The Hall–Kier alpha value is -0.530. The second-order valence-electron chi connectivity index (χ2n) is 16.1. The lowest BCUT2D eigenvalue weighted by Gasteiger charge is -2.06. The van der Waals surface area contributed by atoms with Crippen LogP contribution in [0.5, 0.6) is 0 Å². The van der Waals surface area contributed by atoms with Crippen LogP contribution in [-0.4, -0.2) is 12.6 Å². The van der Waals surface area contributed by atoms with E-state index in [4.69, 9.17) is 4.74 Å². The topological polar surface area (TPSA) is 26.3 Å². The summed E-state index contributed by atoms with van der Waals surface area (Å²) in [6.07, 6.45) is 59.4. The SMILES string of the molecule is CCCCCCCCCCCCCCCCCCCCCCCCCCCCC(=O)OCCCCCCCCCCCCCCCCCC. The van der Waals surface area contributed by atoms with Crippen molar-refractivity contribution >= 4 is 5.97 Å². The smallest absolute Gasteiger partial charge is 0.305 e. The Morgan fingerprint density at radius 3 is 0.673 bits per heavy atom. The van der Waals surface area contributed by atoms with Gasteiger partial charge in [0, 0.05) is 6.42 Å². The van der Waals surface area contributed by atoms with Gasteiger partial charge in [0.25, 0.3) is 0 Å². The molecular formula is C47H94O2. The van der Waals surface area contributed by atoms with Crippen molar-refractivity contribution < 1.29 is 9.53 Å². The van der Waals surface area contributed by atoms with Crippen LogP contribution in [0.15, 0.2) is 0 Å². The number of carbonyl (C=O) groups excluding carboxylic acids is 1. The summed E-state index contributed by atoms with van der Waals surface area (Å²) in [6, 6.07) is 0. The molecule has 0 aromatic carbocycles. The second kappa shape index (κ2) is 45.5. The monoisotopic (exact) mass is 691 g/mol. The average Bonchev–Trinajstić information content (AvgIpc) is 3.11. The predicted octanol–water partition coefficient (Wildman–Crippen LogP) is 17.3. The Bertz CT molecular complexity index is 587. The summed E-state index contributed by atoms with van der Waals surface area (Å²) in [6.45, 7) is 5.23. The summed E-state index contributed by atoms with van der Waals surface area (Å²) >= 11 is 0. The van der Waals surface area contributed by atoms with E-state index < -0.39 is 0 Å². The van der Waals surface area contributed by atoms with Crippen molar-refractivity contribution in [3.05, 3.63) is 0 Å². The van der Waals surface area contributed by atoms with Crippen molar-refractivity contribution in [2.75, 3.05) is 6.61 Å². The molecule has 2 nitrogen and oxygen atoms in total. The molecule has 294 valence electrons. The molecule has 49 heavy (non-hydrogen) atoms. The normalized spacial score (nSPS) is 11.5. The molecule has 0 aromatic heterocycles.